The highest BCUT2D eigenvalue weighted by molar-refractivity contribution is 5.89. The fourth-order valence-electron chi connectivity index (χ4n) is 11.8. The zero-order valence-electron chi connectivity index (χ0n) is 30.4. The molecule has 0 radical (unpaired) electrons. The predicted octanol–water partition coefficient (Wildman–Crippen LogP) is 10.9. The van der Waals surface area contributed by atoms with Crippen LogP contribution in [0.2, 0.25) is 0 Å². The van der Waals surface area contributed by atoms with Gasteiger partial charge in [0.1, 0.15) is 0 Å². The number of aromatic carboxylic acids is 1. The maximum atomic E-state index is 11.5. The van der Waals surface area contributed by atoms with Crippen molar-refractivity contribution in [1.29, 1.82) is 0 Å². The van der Waals surface area contributed by atoms with Crippen LogP contribution in [0.1, 0.15) is 134 Å². The smallest absolute Gasteiger partial charge is 0.335 e. The van der Waals surface area contributed by atoms with Crippen LogP contribution in [0.4, 0.5) is 0 Å². The number of aryl methyl sites for hydroxylation is 1. The first kappa shape index (κ1) is 39.4. The molecule has 254 valence electrons. The van der Waals surface area contributed by atoms with Crippen molar-refractivity contribution in [2.75, 3.05) is 6.61 Å². The molecule has 4 unspecified atom stereocenters. The van der Waals surface area contributed by atoms with E-state index < -0.39 is 5.97 Å². The molecule has 0 bridgehead atoms. The first-order valence-electron chi connectivity index (χ1n) is 17.8. The molecule has 0 aromatic heterocycles. The van der Waals surface area contributed by atoms with Crippen LogP contribution in [-0.2, 0) is 0 Å². The van der Waals surface area contributed by atoms with Crippen molar-refractivity contribution >= 4 is 11.5 Å². The lowest BCUT2D eigenvalue weighted by atomic mass is 9.36. The Bertz CT molecular complexity index is 1260. The Morgan fingerprint density at radius 1 is 0.913 bits per heavy atom. The summed E-state index contributed by atoms with van der Waals surface area (Å²) in [6.07, 6.45) is 33.3. The fourth-order valence-corrected chi connectivity index (χ4v) is 11.8. The molecule has 2 N–H and O–H groups in total. The zero-order chi connectivity index (χ0) is 35.1. The Balaban J connectivity index is 0.000000749. The van der Waals surface area contributed by atoms with Crippen molar-refractivity contribution in [1.82, 2.24) is 0 Å². The van der Waals surface area contributed by atoms with Crippen LogP contribution in [0.5, 0.6) is 0 Å². The second-order valence-electron chi connectivity index (χ2n) is 15.3. The van der Waals surface area contributed by atoms with E-state index in [2.05, 4.69) is 79.0 Å². The Morgan fingerprint density at radius 2 is 1.54 bits per heavy atom. The molecule has 0 aliphatic heterocycles. The van der Waals surface area contributed by atoms with E-state index in [1.54, 1.807) is 12.1 Å². The normalized spacial score (nSPS) is 36.0. The average molecular weight is 629 g/mol. The maximum absolute atomic E-state index is 11.5. The molecular formula is C43H64O3. The summed E-state index contributed by atoms with van der Waals surface area (Å²) >= 11 is 0. The molecule has 46 heavy (non-hydrogen) atoms. The van der Waals surface area contributed by atoms with E-state index in [1.165, 1.54) is 68.9 Å². The number of carboxylic acid groups (broad SMARTS) is 1. The highest BCUT2D eigenvalue weighted by Crippen LogP contribution is 2.73. The lowest BCUT2D eigenvalue weighted by Gasteiger charge is -2.68. The molecule has 6 rings (SSSR count). The van der Waals surface area contributed by atoms with Crippen LogP contribution in [0.3, 0.4) is 0 Å². The molecule has 0 amide bonds. The standard InChI is InChI=1S/C34H48O3.C3H6.C2H6.2C2H2/c1-21-19-22(30(36)37)8-9-23(21)25-12-16-33(5)28(31(25,2)3)14-17-32(4)26-13-18-34(20-35)15-6-7-27(34)24(26)10-11-29(32)33;1-3-2;3*1-2/h8-9,12,19,24,26-29,35H,6-7,10-11,13-18,20H2,1-5H3,(H,36,37);3H,1H2,2H3;1-2H3;2*1-2H/t24-,26?,27?,28?,29?,32-,33-,34+;;;;/m0..../s1. The topological polar surface area (TPSA) is 57.5 Å². The molecule has 8 atom stereocenters. The van der Waals surface area contributed by atoms with Gasteiger partial charge in [-0.25, -0.2) is 4.79 Å². The van der Waals surface area contributed by atoms with Crippen molar-refractivity contribution < 1.29 is 15.0 Å². The second-order valence-corrected chi connectivity index (χ2v) is 15.3. The monoisotopic (exact) mass is 628 g/mol. The quantitative estimate of drug-likeness (QED) is 0.259. The molecule has 0 heterocycles. The summed E-state index contributed by atoms with van der Waals surface area (Å²) in [7, 11) is 0. The number of carboxylic acids is 1. The third kappa shape index (κ3) is 6.52. The molecule has 0 spiro atoms. The molecule has 3 heteroatoms. The van der Waals surface area contributed by atoms with Crippen LogP contribution < -0.4 is 0 Å². The van der Waals surface area contributed by atoms with Crippen molar-refractivity contribution in [3.63, 3.8) is 0 Å². The summed E-state index contributed by atoms with van der Waals surface area (Å²) < 4.78 is 0. The number of allylic oxidation sites excluding steroid dienone is 3. The van der Waals surface area contributed by atoms with E-state index in [-0.39, 0.29) is 10.8 Å². The second kappa shape index (κ2) is 15.9. The SMILES string of the molecule is C#C.C#C.C=CC.CC.Cc1cc(C(=O)O)ccc1C1=CC[C@@]2(C)C(CC[C@@]3(C)C4CC[C@@]5(CO)CCCC5[C@H]4CCC32)C1(C)C. The van der Waals surface area contributed by atoms with Gasteiger partial charge in [-0.15, -0.1) is 32.3 Å². The molecule has 3 nitrogen and oxygen atoms in total. The molecule has 5 aliphatic carbocycles. The minimum atomic E-state index is -0.849. The summed E-state index contributed by atoms with van der Waals surface area (Å²) in [6, 6.07) is 5.69. The molecule has 4 saturated carbocycles. The van der Waals surface area contributed by atoms with E-state index in [9.17, 15) is 15.0 Å². The number of carbonyl (C=O) groups is 1. The lowest BCUT2D eigenvalue weighted by molar-refractivity contribution is -0.181. The highest BCUT2D eigenvalue weighted by Gasteiger charge is 2.65. The Morgan fingerprint density at radius 3 is 2.11 bits per heavy atom. The van der Waals surface area contributed by atoms with Crippen LogP contribution in [-0.4, -0.2) is 22.8 Å². The third-order valence-corrected chi connectivity index (χ3v) is 13.3. The van der Waals surface area contributed by atoms with Crippen molar-refractivity contribution in [3.05, 3.63) is 53.6 Å². The number of rotatable bonds is 3. The predicted molar refractivity (Wildman–Crippen MR) is 196 cm³/mol. The van der Waals surface area contributed by atoms with Gasteiger partial charge in [-0.2, -0.15) is 0 Å². The van der Waals surface area contributed by atoms with Crippen LogP contribution in [0, 0.1) is 83.9 Å². The number of terminal acetylenes is 2. The fraction of sp³-hybridized carbons (Fsp3) is 0.651. The molecule has 0 saturated heterocycles. The molecule has 5 aliphatic rings. The van der Waals surface area contributed by atoms with E-state index in [0.29, 0.717) is 28.9 Å². The van der Waals surface area contributed by atoms with Gasteiger partial charge < -0.3 is 10.2 Å². The van der Waals surface area contributed by atoms with E-state index in [4.69, 9.17) is 0 Å². The Kier molecular flexibility index (Phi) is 13.6. The van der Waals surface area contributed by atoms with E-state index in [1.807, 2.05) is 26.8 Å². The van der Waals surface area contributed by atoms with Crippen LogP contribution in [0.15, 0.2) is 36.9 Å². The van der Waals surface area contributed by atoms with Gasteiger partial charge in [-0.3, -0.25) is 0 Å². The van der Waals surface area contributed by atoms with Crippen molar-refractivity contribution in [2.24, 2.45) is 51.2 Å². The Hall–Kier alpha value is -2.75. The summed E-state index contributed by atoms with van der Waals surface area (Å²) in [5, 5.41) is 19.9. The van der Waals surface area contributed by atoms with Gasteiger partial charge in [0.25, 0.3) is 0 Å². The number of fused-ring (bicyclic) bond motifs is 7. The maximum Gasteiger partial charge on any atom is 0.335 e. The van der Waals surface area contributed by atoms with Gasteiger partial charge >= 0.3 is 5.97 Å². The summed E-state index contributed by atoms with van der Waals surface area (Å²) in [6.45, 7) is 22.0. The lowest BCUT2D eigenvalue weighted by Crippen LogP contribution is -2.61. The van der Waals surface area contributed by atoms with E-state index in [0.717, 1.165) is 35.7 Å². The van der Waals surface area contributed by atoms with Crippen molar-refractivity contribution in [2.45, 2.75) is 120 Å². The number of aliphatic hydroxyl groups is 1. The molecule has 4 fully saturated rings. The minimum absolute atomic E-state index is 0.0603. The Labute approximate surface area is 282 Å². The first-order valence-corrected chi connectivity index (χ1v) is 17.8. The van der Waals surface area contributed by atoms with Gasteiger partial charge in [0, 0.05) is 6.61 Å². The van der Waals surface area contributed by atoms with E-state index >= 15 is 0 Å². The van der Waals surface area contributed by atoms with Crippen molar-refractivity contribution in [3.8, 4) is 25.7 Å². The summed E-state index contributed by atoms with van der Waals surface area (Å²) in [4.78, 5) is 11.5. The number of benzene rings is 1. The number of aliphatic hydroxyl groups excluding tert-OH is 1. The molecular weight excluding hydrogens is 564 g/mol. The van der Waals surface area contributed by atoms with Gasteiger partial charge in [-0.1, -0.05) is 66.2 Å². The summed E-state index contributed by atoms with van der Waals surface area (Å²) in [5.41, 5.74) is 5.15. The number of hydrogen-bond acceptors (Lipinski definition) is 2. The summed E-state index contributed by atoms with van der Waals surface area (Å²) in [5.74, 6) is 2.95. The first-order chi connectivity index (χ1) is 21.9. The van der Waals surface area contributed by atoms with Gasteiger partial charge in [-0.05, 0) is 152 Å². The van der Waals surface area contributed by atoms with Crippen LogP contribution >= 0.6 is 0 Å². The molecule has 1 aromatic carbocycles. The largest absolute Gasteiger partial charge is 0.478 e. The third-order valence-electron chi connectivity index (χ3n) is 13.3. The minimum Gasteiger partial charge on any atom is -0.478 e. The average Bonchev–Trinajstić information content (AvgIpc) is 3.49. The highest BCUT2D eigenvalue weighted by atomic mass is 16.4. The molecule has 1 aromatic rings. The number of hydrogen-bond donors (Lipinski definition) is 2. The van der Waals surface area contributed by atoms with Gasteiger partial charge in [0.15, 0.2) is 0 Å². The van der Waals surface area contributed by atoms with Crippen LogP contribution in [0.25, 0.3) is 5.57 Å². The zero-order valence-corrected chi connectivity index (χ0v) is 30.4. The van der Waals surface area contributed by atoms with Gasteiger partial charge in [0.2, 0.25) is 0 Å². The van der Waals surface area contributed by atoms with Gasteiger partial charge in [0.05, 0.1) is 5.56 Å².